The fourth-order valence-corrected chi connectivity index (χ4v) is 2.67. The first kappa shape index (κ1) is 13.1. The molecule has 18 heavy (non-hydrogen) atoms. The van der Waals surface area contributed by atoms with Gasteiger partial charge in [-0.25, -0.2) is 0 Å². The number of rotatable bonds is 5. The van der Waals surface area contributed by atoms with Crippen molar-refractivity contribution >= 4 is 11.9 Å². The van der Waals surface area contributed by atoms with Crippen LogP contribution in [0, 0.1) is 11.8 Å². The molecule has 0 heterocycles. The van der Waals surface area contributed by atoms with Crippen LogP contribution in [-0.4, -0.2) is 34.5 Å². The van der Waals surface area contributed by atoms with Crippen LogP contribution in [0.3, 0.4) is 0 Å². The highest BCUT2D eigenvalue weighted by molar-refractivity contribution is 5.85. The molecular weight excluding hydrogens is 230 g/mol. The zero-order chi connectivity index (χ0) is 13.1. The average molecular weight is 251 g/mol. The van der Waals surface area contributed by atoms with Crippen LogP contribution < -0.4 is 0 Å². The van der Waals surface area contributed by atoms with Crippen molar-refractivity contribution in [2.24, 2.45) is 11.8 Å². The van der Waals surface area contributed by atoms with E-state index in [9.17, 15) is 14.7 Å². The second-order valence-electron chi connectivity index (χ2n) is 5.26. The lowest BCUT2D eigenvalue weighted by molar-refractivity contribution is -0.150. The molecule has 2 unspecified atom stereocenters. The van der Waals surface area contributed by atoms with Gasteiger partial charge < -0.3 is 10.0 Å². The second kappa shape index (κ2) is 5.55. The van der Waals surface area contributed by atoms with Crippen molar-refractivity contribution in [3.05, 3.63) is 12.2 Å². The molecule has 1 fully saturated rings. The molecule has 4 heteroatoms. The van der Waals surface area contributed by atoms with Gasteiger partial charge in [-0.3, -0.25) is 9.59 Å². The minimum Gasteiger partial charge on any atom is -0.481 e. The number of aliphatic carboxylic acids is 1. The Bertz CT molecular complexity index is 360. The van der Waals surface area contributed by atoms with Crippen LogP contribution in [-0.2, 0) is 9.59 Å². The maximum Gasteiger partial charge on any atom is 0.307 e. The van der Waals surface area contributed by atoms with Gasteiger partial charge in [-0.2, -0.15) is 0 Å². The zero-order valence-corrected chi connectivity index (χ0v) is 10.8. The van der Waals surface area contributed by atoms with Crippen molar-refractivity contribution in [3.8, 4) is 0 Å². The van der Waals surface area contributed by atoms with Gasteiger partial charge in [-0.1, -0.05) is 19.1 Å². The quantitative estimate of drug-likeness (QED) is 0.761. The number of carboxylic acids is 1. The Morgan fingerprint density at radius 3 is 2.33 bits per heavy atom. The van der Waals surface area contributed by atoms with Crippen LogP contribution >= 0.6 is 0 Å². The number of carbonyl (C=O) groups excluding carboxylic acids is 1. The topological polar surface area (TPSA) is 57.6 Å². The maximum atomic E-state index is 12.5. The van der Waals surface area contributed by atoms with E-state index in [0.717, 1.165) is 25.8 Å². The van der Waals surface area contributed by atoms with E-state index in [-0.39, 0.29) is 11.8 Å². The van der Waals surface area contributed by atoms with E-state index in [1.165, 1.54) is 0 Å². The van der Waals surface area contributed by atoms with E-state index >= 15 is 0 Å². The first-order valence-corrected chi connectivity index (χ1v) is 6.83. The van der Waals surface area contributed by atoms with Gasteiger partial charge in [-0.05, 0) is 32.1 Å². The van der Waals surface area contributed by atoms with Crippen LogP contribution in [0.15, 0.2) is 12.2 Å². The summed E-state index contributed by atoms with van der Waals surface area (Å²) in [6, 6.07) is 0.373. The van der Waals surface area contributed by atoms with Gasteiger partial charge >= 0.3 is 5.97 Å². The molecule has 0 aliphatic heterocycles. The Hall–Kier alpha value is -1.32. The van der Waals surface area contributed by atoms with Crippen molar-refractivity contribution in [2.75, 3.05) is 6.54 Å². The summed E-state index contributed by atoms with van der Waals surface area (Å²) in [6.45, 7) is 2.81. The first-order chi connectivity index (χ1) is 8.65. The third-order valence-electron chi connectivity index (χ3n) is 3.80. The molecule has 2 rings (SSSR count). The molecule has 2 atom stereocenters. The number of carbonyl (C=O) groups is 2. The van der Waals surface area contributed by atoms with E-state index in [2.05, 4.69) is 6.92 Å². The molecule has 0 aromatic rings. The summed E-state index contributed by atoms with van der Waals surface area (Å²) in [5.74, 6) is -1.69. The molecule has 4 nitrogen and oxygen atoms in total. The molecule has 0 radical (unpaired) electrons. The van der Waals surface area contributed by atoms with Gasteiger partial charge in [0.25, 0.3) is 0 Å². The zero-order valence-electron chi connectivity index (χ0n) is 10.8. The molecule has 1 amide bonds. The Morgan fingerprint density at radius 1 is 1.22 bits per heavy atom. The van der Waals surface area contributed by atoms with Crippen LogP contribution in [0.1, 0.15) is 39.0 Å². The molecule has 2 aliphatic carbocycles. The minimum absolute atomic E-state index is 0.0519. The Balaban J connectivity index is 2.09. The molecule has 0 spiro atoms. The summed E-state index contributed by atoms with van der Waals surface area (Å²) in [7, 11) is 0. The predicted octanol–water partition coefficient (Wildman–Crippen LogP) is 2.05. The van der Waals surface area contributed by atoms with Crippen molar-refractivity contribution in [1.82, 2.24) is 4.90 Å². The molecule has 100 valence electrons. The average Bonchev–Trinajstić information content (AvgIpc) is 3.19. The van der Waals surface area contributed by atoms with Crippen LogP contribution in [0.25, 0.3) is 0 Å². The number of nitrogens with zero attached hydrogens (tertiary/aromatic N) is 1. The van der Waals surface area contributed by atoms with Gasteiger partial charge in [-0.15, -0.1) is 0 Å². The Kier molecular flexibility index (Phi) is 4.04. The number of hydrogen-bond donors (Lipinski definition) is 1. The summed E-state index contributed by atoms with van der Waals surface area (Å²) in [5.41, 5.74) is 0. The van der Waals surface area contributed by atoms with Crippen molar-refractivity contribution in [3.63, 3.8) is 0 Å². The van der Waals surface area contributed by atoms with E-state index in [0.29, 0.717) is 18.9 Å². The Morgan fingerprint density at radius 2 is 1.83 bits per heavy atom. The molecule has 0 aromatic heterocycles. The van der Waals surface area contributed by atoms with Crippen LogP contribution in [0.4, 0.5) is 0 Å². The molecule has 0 saturated heterocycles. The molecular formula is C14H21NO3. The molecule has 1 N–H and O–H groups in total. The summed E-state index contributed by atoms with van der Waals surface area (Å²) >= 11 is 0. The lowest BCUT2D eigenvalue weighted by Gasteiger charge is -2.31. The monoisotopic (exact) mass is 251 g/mol. The summed E-state index contributed by atoms with van der Waals surface area (Å²) in [5, 5.41) is 9.22. The SMILES string of the molecule is CCCN(C(=O)C1CC=CCC1C(=O)O)C1CC1. The van der Waals surface area contributed by atoms with E-state index in [1.807, 2.05) is 17.1 Å². The fourth-order valence-electron chi connectivity index (χ4n) is 2.67. The van der Waals surface area contributed by atoms with Gasteiger partial charge in [0.05, 0.1) is 11.8 Å². The van der Waals surface area contributed by atoms with Crippen LogP contribution in [0.5, 0.6) is 0 Å². The highest BCUT2D eigenvalue weighted by Crippen LogP contribution is 2.33. The second-order valence-corrected chi connectivity index (χ2v) is 5.26. The fraction of sp³-hybridized carbons (Fsp3) is 0.714. The molecule has 2 aliphatic rings. The smallest absolute Gasteiger partial charge is 0.307 e. The van der Waals surface area contributed by atoms with Gasteiger partial charge in [0.15, 0.2) is 0 Å². The number of hydrogen-bond acceptors (Lipinski definition) is 2. The van der Waals surface area contributed by atoms with Crippen molar-refractivity contribution < 1.29 is 14.7 Å². The maximum absolute atomic E-state index is 12.5. The predicted molar refractivity (Wildman–Crippen MR) is 68.0 cm³/mol. The molecule has 0 bridgehead atoms. The van der Waals surface area contributed by atoms with E-state index < -0.39 is 11.9 Å². The number of allylic oxidation sites excluding steroid dienone is 2. The van der Waals surface area contributed by atoms with Crippen molar-refractivity contribution in [1.29, 1.82) is 0 Å². The lowest BCUT2D eigenvalue weighted by Crippen LogP contribution is -2.43. The third-order valence-corrected chi connectivity index (χ3v) is 3.80. The highest BCUT2D eigenvalue weighted by Gasteiger charge is 2.40. The number of amides is 1. The third kappa shape index (κ3) is 2.74. The van der Waals surface area contributed by atoms with Gasteiger partial charge in [0.1, 0.15) is 0 Å². The first-order valence-electron chi connectivity index (χ1n) is 6.83. The van der Waals surface area contributed by atoms with Crippen LogP contribution in [0.2, 0.25) is 0 Å². The van der Waals surface area contributed by atoms with Crippen molar-refractivity contribution in [2.45, 2.75) is 45.1 Å². The normalized spacial score (nSPS) is 26.9. The van der Waals surface area contributed by atoms with Gasteiger partial charge in [0, 0.05) is 12.6 Å². The summed E-state index contributed by atoms with van der Waals surface area (Å²) in [6.07, 6.45) is 7.96. The molecule has 1 saturated carbocycles. The summed E-state index contributed by atoms with van der Waals surface area (Å²) < 4.78 is 0. The molecule has 0 aromatic carbocycles. The van der Waals surface area contributed by atoms with E-state index in [4.69, 9.17) is 0 Å². The number of carboxylic acid groups (broad SMARTS) is 1. The minimum atomic E-state index is -0.843. The Labute approximate surface area is 108 Å². The van der Waals surface area contributed by atoms with E-state index in [1.54, 1.807) is 0 Å². The highest BCUT2D eigenvalue weighted by atomic mass is 16.4. The van der Waals surface area contributed by atoms with Gasteiger partial charge in [0.2, 0.25) is 5.91 Å². The lowest BCUT2D eigenvalue weighted by atomic mass is 9.82. The standard InChI is InChI=1S/C14H21NO3/c1-2-9-15(10-7-8-10)13(16)11-5-3-4-6-12(11)14(17)18/h3-4,10-12H,2,5-9H2,1H3,(H,17,18). The summed E-state index contributed by atoms with van der Waals surface area (Å²) in [4.78, 5) is 25.7. The largest absolute Gasteiger partial charge is 0.481 e.